The van der Waals surface area contributed by atoms with Crippen molar-refractivity contribution in [3.05, 3.63) is 59.7 Å². The third kappa shape index (κ3) is 3.30. The molecule has 28 heavy (non-hydrogen) atoms. The van der Waals surface area contributed by atoms with Crippen molar-refractivity contribution < 1.29 is 4.79 Å². The number of anilines is 2. The molecule has 4 N–H and O–H groups in total. The first-order chi connectivity index (χ1) is 13.6. The highest BCUT2D eigenvalue weighted by Crippen LogP contribution is 2.56. The highest BCUT2D eigenvalue weighted by molar-refractivity contribution is 6.05. The van der Waals surface area contributed by atoms with Gasteiger partial charge in [-0.05, 0) is 86.1 Å². The molecule has 0 atom stereocenters. The molecule has 0 unspecified atom stereocenters. The highest BCUT2D eigenvalue weighted by atomic mass is 16.1. The fourth-order valence-electron chi connectivity index (χ4n) is 6.24. The molecule has 4 saturated carbocycles. The fourth-order valence-corrected chi connectivity index (χ4v) is 6.24. The van der Waals surface area contributed by atoms with Crippen LogP contribution in [0.25, 0.3) is 0 Å². The van der Waals surface area contributed by atoms with Crippen LogP contribution in [-0.2, 0) is 6.54 Å². The Morgan fingerprint density at radius 2 is 1.46 bits per heavy atom. The molecule has 4 fully saturated rings. The van der Waals surface area contributed by atoms with Crippen LogP contribution in [0.4, 0.5) is 11.4 Å². The minimum absolute atomic E-state index is 0.0802. The molecule has 0 aromatic heterocycles. The first-order valence-electron chi connectivity index (χ1n) is 10.6. The highest BCUT2D eigenvalue weighted by Gasteiger charge is 2.51. The van der Waals surface area contributed by atoms with Gasteiger partial charge >= 0.3 is 0 Å². The first-order valence-corrected chi connectivity index (χ1v) is 10.6. The molecular formula is C24H29N3O. The molecule has 6 rings (SSSR count). The van der Waals surface area contributed by atoms with Gasteiger partial charge in [0.1, 0.15) is 0 Å². The van der Waals surface area contributed by atoms with Crippen molar-refractivity contribution in [3.8, 4) is 0 Å². The molecule has 4 nitrogen and oxygen atoms in total. The Morgan fingerprint density at radius 3 is 2.04 bits per heavy atom. The summed E-state index contributed by atoms with van der Waals surface area (Å²) in [7, 11) is 0. The van der Waals surface area contributed by atoms with Crippen LogP contribution in [0.1, 0.15) is 54.4 Å². The third-order valence-electron chi connectivity index (χ3n) is 7.07. The molecule has 1 amide bonds. The van der Waals surface area contributed by atoms with Crippen LogP contribution in [0.5, 0.6) is 0 Å². The van der Waals surface area contributed by atoms with Crippen LogP contribution >= 0.6 is 0 Å². The normalized spacial score (nSPS) is 30.2. The number of carbonyl (C=O) groups excluding carboxylic acids is 1. The summed E-state index contributed by atoms with van der Waals surface area (Å²) >= 11 is 0. The van der Waals surface area contributed by atoms with E-state index in [0.717, 1.165) is 34.7 Å². The molecular weight excluding hydrogens is 346 g/mol. The number of amides is 1. The van der Waals surface area contributed by atoms with Gasteiger partial charge in [0.05, 0.1) is 11.4 Å². The average Bonchev–Trinajstić information content (AvgIpc) is 2.68. The second kappa shape index (κ2) is 6.93. The van der Waals surface area contributed by atoms with Gasteiger partial charge in [0.15, 0.2) is 0 Å². The number of nitrogens with one attached hydrogen (secondary N) is 2. The molecule has 4 bridgehead atoms. The minimum atomic E-state index is -0.0802. The third-order valence-corrected chi connectivity index (χ3v) is 7.07. The summed E-state index contributed by atoms with van der Waals surface area (Å²) in [5, 5.41) is 7.01. The van der Waals surface area contributed by atoms with E-state index in [1.165, 1.54) is 38.5 Å². The lowest BCUT2D eigenvalue weighted by Gasteiger charge is -2.57. The molecule has 4 aliphatic carbocycles. The molecule has 0 radical (unpaired) electrons. The summed E-state index contributed by atoms with van der Waals surface area (Å²) in [5.74, 6) is 2.59. The summed E-state index contributed by atoms with van der Waals surface area (Å²) in [6.45, 7) is 0.486. The molecule has 0 heterocycles. The number of nitrogens with two attached hydrogens (primary N) is 1. The number of rotatable bonds is 5. The van der Waals surface area contributed by atoms with Gasteiger partial charge in [-0.15, -0.1) is 0 Å². The zero-order chi connectivity index (χ0) is 19.1. The number of hydrogen-bond donors (Lipinski definition) is 3. The largest absolute Gasteiger partial charge is 0.378 e. The summed E-state index contributed by atoms with van der Waals surface area (Å²) < 4.78 is 0. The van der Waals surface area contributed by atoms with Crippen LogP contribution < -0.4 is 16.4 Å². The summed E-state index contributed by atoms with van der Waals surface area (Å²) in [4.78, 5) is 12.8. The van der Waals surface area contributed by atoms with Crippen molar-refractivity contribution in [1.29, 1.82) is 0 Å². The zero-order valence-corrected chi connectivity index (χ0v) is 16.3. The summed E-state index contributed by atoms with van der Waals surface area (Å²) in [6, 6.07) is 15.6. The minimum Gasteiger partial charge on any atom is -0.378 e. The Morgan fingerprint density at radius 1 is 0.893 bits per heavy atom. The van der Waals surface area contributed by atoms with Gasteiger partial charge in [0.2, 0.25) is 0 Å². The molecule has 2 aromatic carbocycles. The summed E-state index contributed by atoms with van der Waals surface area (Å²) in [6.07, 6.45) is 8.12. The van der Waals surface area contributed by atoms with Crippen molar-refractivity contribution in [2.24, 2.45) is 23.5 Å². The monoisotopic (exact) mass is 375 g/mol. The average molecular weight is 376 g/mol. The predicted octanol–water partition coefficient (Wildman–Crippen LogP) is 4.78. The van der Waals surface area contributed by atoms with Gasteiger partial charge in [-0.2, -0.15) is 0 Å². The van der Waals surface area contributed by atoms with Crippen molar-refractivity contribution in [2.75, 3.05) is 10.6 Å². The lowest BCUT2D eigenvalue weighted by molar-refractivity contribution is 0.0107. The van der Waals surface area contributed by atoms with Gasteiger partial charge in [-0.25, -0.2) is 0 Å². The van der Waals surface area contributed by atoms with Crippen molar-refractivity contribution in [1.82, 2.24) is 0 Å². The van der Waals surface area contributed by atoms with Crippen LogP contribution in [0.2, 0.25) is 0 Å². The standard InChI is InChI=1S/C24H29N3O/c25-15-16-5-7-20(8-6-16)23(28)26-21-3-1-2-4-22(21)27-24-12-17-9-18(13-24)11-19(10-17)14-24/h1-8,17-19,27H,9-15,25H2,(H,26,28). The number of benzene rings is 2. The van der Waals surface area contributed by atoms with E-state index in [1.807, 2.05) is 36.4 Å². The molecule has 0 aliphatic heterocycles. The molecule has 4 aliphatic rings. The van der Waals surface area contributed by atoms with Crippen LogP contribution in [0, 0.1) is 17.8 Å². The van der Waals surface area contributed by atoms with Crippen molar-refractivity contribution >= 4 is 17.3 Å². The number of carbonyl (C=O) groups is 1. The SMILES string of the molecule is NCc1ccc(C(=O)Nc2ccccc2NC23CC4CC(CC(C4)C2)C3)cc1. The van der Waals surface area contributed by atoms with E-state index in [4.69, 9.17) is 5.73 Å². The van der Waals surface area contributed by atoms with Crippen molar-refractivity contribution in [3.63, 3.8) is 0 Å². The number of hydrogen-bond acceptors (Lipinski definition) is 3. The maximum atomic E-state index is 12.8. The smallest absolute Gasteiger partial charge is 0.255 e. The molecule has 0 saturated heterocycles. The van der Waals surface area contributed by atoms with E-state index in [2.05, 4.69) is 22.8 Å². The Balaban J connectivity index is 1.35. The Labute approximate surface area is 166 Å². The molecule has 0 spiro atoms. The molecule has 4 heteroatoms. The maximum absolute atomic E-state index is 12.8. The van der Waals surface area contributed by atoms with E-state index in [-0.39, 0.29) is 11.4 Å². The molecule has 146 valence electrons. The first kappa shape index (κ1) is 17.7. The maximum Gasteiger partial charge on any atom is 0.255 e. The van der Waals surface area contributed by atoms with Gasteiger partial charge in [0.25, 0.3) is 5.91 Å². The topological polar surface area (TPSA) is 67.2 Å². The van der Waals surface area contributed by atoms with E-state index in [9.17, 15) is 4.79 Å². The van der Waals surface area contributed by atoms with E-state index < -0.39 is 0 Å². The second-order valence-corrected chi connectivity index (χ2v) is 9.22. The Kier molecular flexibility index (Phi) is 4.39. The van der Waals surface area contributed by atoms with E-state index in [1.54, 1.807) is 0 Å². The number of para-hydroxylation sites is 2. The van der Waals surface area contributed by atoms with Crippen molar-refractivity contribution in [2.45, 2.75) is 50.6 Å². The van der Waals surface area contributed by atoms with E-state index >= 15 is 0 Å². The quantitative estimate of drug-likeness (QED) is 0.705. The second-order valence-electron chi connectivity index (χ2n) is 9.22. The van der Waals surface area contributed by atoms with Gasteiger partial charge in [-0.1, -0.05) is 24.3 Å². The zero-order valence-electron chi connectivity index (χ0n) is 16.3. The van der Waals surface area contributed by atoms with Crippen LogP contribution in [-0.4, -0.2) is 11.4 Å². The van der Waals surface area contributed by atoms with Crippen LogP contribution in [0.3, 0.4) is 0 Å². The lowest BCUT2D eigenvalue weighted by Crippen LogP contribution is -2.54. The summed E-state index contributed by atoms with van der Waals surface area (Å²) in [5.41, 5.74) is 9.47. The van der Waals surface area contributed by atoms with Crippen LogP contribution in [0.15, 0.2) is 48.5 Å². The van der Waals surface area contributed by atoms with Gasteiger partial charge in [0, 0.05) is 17.6 Å². The lowest BCUT2D eigenvalue weighted by atomic mass is 9.53. The van der Waals surface area contributed by atoms with E-state index in [0.29, 0.717) is 12.1 Å². The predicted molar refractivity (Wildman–Crippen MR) is 113 cm³/mol. The molecule has 2 aromatic rings. The fraction of sp³-hybridized carbons (Fsp3) is 0.458. The Bertz CT molecular complexity index is 838. The van der Waals surface area contributed by atoms with Gasteiger partial charge in [-0.3, -0.25) is 4.79 Å². The Hall–Kier alpha value is -2.33. The van der Waals surface area contributed by atoms with Gasteiger partial charge < -0.3 is 16.4 Å².